The van der Waals surface area contributed by atoms with Gasteiger partial charge in [-0.25, -0.2) is 13.4 Å². The second-order valence-corrected chi connectivity index (χ2v) is 11.8. The quantitative estimate of drug-likeness (QED) is 0.383. The number of piperidine rings is 1. The van der Waals surface area contributed by atoms with E-state index in [-0.39, 0.29) is 11.8 Å². The molecule has 0 radical (unpaired) electrons. The number of benzene rings is 3. The van der Waals surface area contributed by atoms with Crippen LogP contribution in [-0.4, -0.2) is 43.0 Å². The number of fused-ring (bicyclic) bond motifs is 3. The van der Waals surface area contributed by atoms with Crippen LogP contribution in [0, 0.1) is 5.92 Å². The van der Waals surface area contributed by atoms with Crippen LogP contribution < -0.4 is 5.32 Å². The van der Waals surface area contributed by atoms with Crippen LogP contribution in [0.25, 0.3) is 21.0 Å². The molecule has 0 saturated carbocycles. The maximum atomic E-state index is 13.0. The molecule has 9 heteroatoms. The summed E-state index contributed by atoms with van der Waals surface area (Å²) in [5.41, 5.74) is 0.863. The third-order valence-electron chi connectivity index (χ3n) is 6.03. The predicted molar refractivity (Wildman–Crippen MR) is 135 cm³/mol. The zero-order valence-corrected chi connectivity index (χ0v) is 20.5. The fraction of sp³-hybridized carbons (Fsp3) is 0.250. The standard InChI is InChI=1S/C24H23N3O3S3/c1-31-18-7-9-19(10-8-18)33(29,30)27-14-12-17(13-15-27)23(28)26-24-25-21-11-6-16-4-2-3-5-20(16)22(21)32-24/h2-11,17H,12-15H2,1H3,(H,25,26,28). The number of sulfonamides is 1. The fourth-order valence-electron chi connectivity index (χ4n) is 4.17. The van der Waals surface area contributed by atoms with E-state index < -0.39 is 10.0 Å². The molecule has 33 heavy (non-hydrogen) atoms. The predicted octanol–water partition coefficient (Wildman–Crippen LogP) is 5.21. The van der Waals surface area contributed by atoms with Crippen LogP contribution in [0.15, 0.2) is 70.5 Å². The highest BCUT2D eigenvalue weighted by Gasteiger charge is 2.32. The van der Waals surface area contributed by atoms with E-state index >= 15 is 0 Å². The summed E-state index contributed by atoms with van der Waals surface area (Å²) in [5.74, 6) is -0.334. The second-order valence-electron chi connectivity index (χ2n) is 8.00. The van der Waals surface area contributed by atoms with Crippen LogP contribution >= 0.6 is 23.1 Å². The van der Waals surface area contributed by atoms with Gasteiger partial charge in [-0.1, -0.05) is 41.7 Å². The van der Waals surface area contributed by atoms with Crippen molar-refractivity contribution in [2.45, 2.75) is 22.6 Å². The molecule has 1 N–H and O–H groups in total. The topological polar surface area (TPSA) is 79.4 Å². The number of nitrogens with zero attached hydrogens (tertiary/aromatic N) is 2. The van der Waals surface area contributed by atoms with Gasteiger partial charge in [0.2, 0.25) is 15.9 Å². The van der Waals surface area contributed by atoms with Crippen LogP contribution in [-0.2, 0) is 14.8 Å². The van der Waals surface area contributed by atoms with Crippen molar-refractivity contribution in [3.8, 4) is 0 Å². The highest BCUT2D eigenvalue weighted by Crippen LogP contribution is 2.33. The van der Waals surface area contributed by atoms with Crippen molar-refractivity contribution < 1.29 is 13.2 Å². The van der Waals surface area contributed by atoms with Crippen molar-refractivity contribution >= 4 is 65.1 Å². The van der Waals surface area contributed by atoms with Gasteiger partial charge in [0.25, 0.3) is 0 Å². The number of hydrogen-bond acceptors (Lipinski definition) is 6. The summed E-state index contributed by atoms with van der Waals surface area (Å²) in [6.45, 7) is 0.657. The van der Waals surface area contributed by atoms with E-state index in [1.807, 2.05) is 42.7 Å². The van der Waals surface area contributed by atoms with Crippen molar-refractivity contribution in [3.63, 3.8) is 0 Å². The number of thioether (sulfide) groups is 1. The largest absolute Gasteiger partial charge is 0.302 e. The van der Waals surface area contributed by atoms with E-state index in [1.54, 1.807) is 23.9 Å². The summed E-state index contributed by atoms with van der Waals surface area (Å²) >= 11 is 3.05. The first-order valence-electron chi connectivity index (χ1n) is 10.7. The summed E-state index contributed by atoms with van der Waals surface area (Å²) in [6.07, 6.45) is 2.93. The van der Waals surface area contributed by atoms with E-state index in [4.69, 9.17) is 0 Å². The van der Waals surface area contributed by atoms with Gasteiger partial charge < -0.3 is 5.32 Å². The Morgan fingerprint density at radius 3 is 2.52 bits per heavy atom. The molecule has 0 aliphatic carbocycles. The second kappa shape index (κ2) is 9.06. The zero-order valence-electron chi connectivity index (χ0n) is 18.0. The summed E-state index contributed by atoms with van der Waals surface area (Å²) in [6, 6.07) is 19.1. The molecule has 0 spiro atoms. The highest BCUT2D eigenvalue weighted by molar-refractivity contribution is 7.98. The van der Waals surface area contributed by atoms with E-state index in [0.717, 1.165) is 25.9 Å². The number of hydrogen-bond donors (Lipinski definition) is 1. The van der Waals surface area contributed by atoms with Gasteiger partial charge in [-0.2, -0.15) is 4.31 Å². The van der Waals surface area contributed by atoms with Crippen molar-refractivity contribution in [2.24, 2.45) is 5.92 Å². The van der Waals surface area contributed by atoms with E-state index in [2.05, 4.69) is 22.4 Å². The van der Waals surface area contributed by atoms with Gasteiger partial charge in [0.15, 0.2) is 5.13 Å². The van der Waals surface area contributed by atoms with E-state index in [1.165, 1.54) is 15.6 Å². The molecule has 6 nitrogen and oxygen atoms in total. The van der Waals surface area contributed by atoms with E-state index in [0.29, 0.717) is 36.0 Å². The lowest BCUT2D eigenvalue weighted by Crippen LogP contribution is -2.41. The first-order chi connectivity index (χ1) is 16.0. The molecule has 1 saturated heterocycles. The SMILES string of the molecule is CSc1ccc(S(=O)(=O)N2CCC(C(=O)Nc3nc4ccc5ccccc5c4s3)CC2)cc1. The van der Waals surface area contributed by atoms with Crippen LogP contribution in [0.3, 0.4) is 0 Å². The Hall–Kier alpha value is -2.46. The minimum absolute atomic E-state index is 0.0975. The molecule has 4 aromatic rings. The normalized spacial score (nSPS) is 15.8. The maximum Gasteiger partial charge on any atom is 0.243 e. The Balaban J connectivity index is 1.25. The Morgan fingerprint density at radius 2 is 1.79 bits per heavy atom. The number of rotatable bonds is 5. The highest BCUT2D eigenvalue weighted by atomic mass is 32.2. The third-order valence-corrected chi connectivity index (χ3v) is 9.71. The van der Waals surface area contributed by atoms with Crippen LogP contribution in [0.1, 0.15) is 12.8 Å². The van der Waals surface area contributed by atoms with E-state index in [9.17, 15) is 13.2 Å². The number of amides is 1. The summed E-state index contributed by atoms with van der Waals surface area (Å²) in [4.78, 5) is 18.8. The summed E-state index contributed by atoms with van der Waals surface area (Å²) < 4.78 is 28.5. The Morgan fingerprint density at radius 1 is 1.06 bits per heavy atom. The number of carbonyl (C=O) groups excluding carboxylic acids is 1. The van der Waals surface area contributed by atoms with Crippen LogP contribution in [0.2, 0.25) is 0 Å². The molecule has 5 rings (SSSR count). The minimum Gasteiger partial charge on any atom is -0.302 e. The molecule has 3 aromatic carbocycles. The lowest BCUT2D eigenvalue weighted by atomic mass is 9.97. The van der Waals surface area contributed by atoms with Crippen LogP contribution in [0.4, 0.5) is 5.13 Å². The first kappa shape index (κ1) is 22.3. The van der Waals surface area contributed by atoms with Crippen molar-refractivity contribution in [2.75, 3.05) is 24.7 Å². The van der Waals surface area contributed by atoms with Gasteiger partial charge in [-0.05, 0) is 54.8 Å². The average Bonchev–Trinajstić information content (AvgIpc) is 3.27. The van der Waals surface area contributed by atoms with Crippen molar-refractivity contribution in [1.29, 1.82) is 0 Å². The maximum absolute atomic E-state index is 13.0. The molecular weight excluding hydrogens is 474 g/mol. The molecule has 1 aromatic heterocycles. The Bertz CT molecular complexity index is 1420. The first-order valence-corrected chi connectivity index (χ1v) is 14.2. The molecular formula is C24H23N3O3S3. The molecule has 2 heterocycles. The molecule has 1 fully saturated rings. The fourth-order valence-corrected chi connectivity index (χ4v) is 7.05. The lowest BCUT2D eigenvalue weighted by molar-refractivity contribution is -0.120. The zero-order chi connectivity index (χ0) is 23.0. The average molecular weight is 498 g/mol. The van der Waals surface area contributed by atoms with Gasteiger partial charge >= 0.3 is 0 Å². The van der Waals surface area contributed by atoms with Gasteiger partial charge in [0, 0.05) is 29.3 Å². The smallest absolute Gasteiger partial charge is 0.243 e. The number of carbonyl (C=O) groups is 1. The monoisotopic (exact) mass is 497 g/mol. The van der Waals surface area contributed by atoms with Crippen molar-refractivity contribution in [3.05, 3.63) is 60.7 Å². The van der Waals surface area contributed by atoms with Gasteiger partial charge in [-0.15, -0.1) is 11.8 Å². The van der Waals surface area contributed by atoms with Crippen molar-refractivity contribution in [1.82, 2.24) is 9.29 Å². The molecule has 1 aliphatic heterocycles. The minimum atomic E-state index is -3.55. The third kappa shape index (κ3) is 4.38. The van der Waals surface area contributed by atoms with Crippen LogP contribution in [0.5, 0.6) is 0 Å². The molecule has 0 atom stereocenters. The Kier molecular flexibility index (Phi) is 6.13. The molecule has 170 valence electrons. The molecule has 0 unspecified atom stereocenters. The summed E-state index contributed by atoms with van der Waals surface area (Å²) in [5, 5.41) is 5.80. The lowest BCUT2D eigenvalue weighted by Gasteiger charge is -2.30. The van der Waals surface area contributed by atoms with Gasteiger partial charge in [0.05, 0.1) is 15.1 Å². The number of anilines is 1. The Labute approximate surface area is 201 Å². The molecule has 1 amide bonds. The summed E-state index contributed by atoms with van der Waals surface area (Å²) in [7, 11) is -3.55. The molecule has 1 aliphatic rings. The number of thiazole rings is 1. The number of nitrogens with one attached hydrogen (secondary N) is 1. The number of aromatic nitrogens is 1. The van der Waals surface area contributed by atoms with Gasteiger partial charge in [-0.3, -0.25) is 4.79 Å². The van der Waals surface area contributed by atoms with Gasteiger partial charge in [0.1, 0.15) is 0 Å². The molecule has 0 bridgehead atoms.